The maximum atomic E-state index is 11.0. The molecule has 4 rings (SSSR count). The van der Waals surface area contributed by atoms with E-state index in [1.807, 2.05) is 11.5 Å². The number of amides is 2. The van der Waals surface area contributed by atoms with Crippen molar-refractivity contribution >= 4 is 28.6 Å². The molecule has 5 N–H and O–H groups in total. The second-order valence-electron chi connectivity index (χ2n) is 5.81. The van der Waals surface area contributed by atoms with E-state index in [4.69, 9.17) is 16.2 Å². The molecule has 11 heteroatoms. The van der Waals surface area contributed by atoms with Gasteiger partial charge in [-0.15, -0.1) is 0 Å². The highest BCUT2D eigenvalue weighted by Gasteiger charge is 2.19. The van der Waals surface area contributed by atoms with Crippen LogP contribution in [0, 0.1) is 0 Å². The van der Waals surface area contributed by atoms with Crippen molar-refractivity contribution < 1.29 is 14.2 Å². The normalized spacial score (nSPS) is 10.9. The Kier molecular flexibility index (Phi) is 4.24. The lowest BCUT2D eigenvalue weighted by Gasteiger charge is -2.08. The predicted molar refractivity (Wildman–Crippen MR) is 101 cm³/mol. The molecule has 0 radical (unpaired) electrons. The van der Waals surface area contributed by atoms with E-state index < -0.39 is 6.03 Å². The third-order valence-electron chi connectivity index (χ3n) is 3.98. The van der Waals surface area contributed by atoms with Crippen LogP contribution in [0.5, 0.6) is 11.6 Å². The van der Waals surface area contributed by atoms with Gasteiger partial charge >= 0.3 is 6.03 Å². The van der Waals surface area contributed by atoms with Crippen LogP contribution in [0.1, 0.15) is 6.92 Å². The first-order valence-corrected chi connectivity index (χ1v) is 8.34. The molecule has 0 aliphatic heterocycles. The number of hydrogen-bond donors (Lipinski definition) is 3. The summed E-state index contributed by atoms with van der Waals surface area (Å²) in [5, 5.41) is 9.92. The third kappa shape index (κ3) is 3.16. The molecule has 0 unspecified atom stereocenters. The standard InChI is InChI=1S/C17H16N8O3/c1-2-25-12-7-13(27-10-5-3-4-9(6-10)21-17(19)26)20-8-11(12)22-16(25)14-15(18)24-28-23-14/h3-8H,2H2,1H3,(H2,18,24)(H3,19,21,26). The number of fused-ring (bicyclic) bond motifs is 1. The van der Waals surface area contributed by atoms with Gasteiger partial charge in [-0.05, 0) is 29.4 Å². The number of ether oxygens (including phenoxy) is 1. The summed E-state index contributed by atoms with van der Waals surface area (Å²) in [6, 6.07) is 7.91. The molecule has 142 valence electrons. The molecule has 1 aromatic carbocycles. The Bertz CT molecular complexity index is 1170. The van der Waals surface area contributed by atoms with Crippen molar-refractivity contribution in [2.24, 2.45) is 5.73 Å². The first kappa shape index (κ1) is 17.3. The molecule has 0 spiro atoms. The van der Waals surface area contributed by atoms with Gasteiger partial charge in [-0.3, -0.25) is 0 Å². The second-order valence-corrected chi connectivity index (χ2v) is 5.81. The van der Waals surface area contributed by atoms with Crippen LogP contribution in [0.3, 0.4) is 0 Å². The Labute approximate surface area is 158 Å². The highest BCUT2D eigenvalue weighted by Crippen LogP contribution is 2.29. The van der Waals surface area contributed by atoms with Gasteiger partial charge in [0.1, 0.15) is 11.3 Å². The number of aromatic nitrogens is 5. The van der Waals surface area contributed by atoms with Gasteiger partial charge in [0.15, 0.2) is 17.3 Å². The van der Waals surface area contributed by atoms with E-state index in [2.05, 4.69) is 30.2 Å². The highest BCUT2D eigenvalue weighted by atomic mass is 16.6. The maximum Gasteiger partial charge on any atom is 0.316 e. The molecule has 0 saturated heterocycles. The monoisotopic (exact) mass is 380 g/mol. The van der Waals surface area contributed by atoms with Crippen LogP contribution in [0.2, 0.25) is 0 Å². The fourth-order valence-corrected chi connectivity index (χ4v) is 2.82. The number of pyridine rings is 1. The number of anilines is 2. The van der Waals surface area contributed by atoms with Gasteiger partial charge in [0.2, 0.25) is 5.88 Å². The third-order valence-corrected chi connectivity index (χ3v) is 3.98. The van der Waals surface area contributed by atoms with Crippen molar-refractivity contribution in [2.75, 3.05) is 11.1 Å². The number of carbonyl (C=O) groups excluding carboxylic acids is 1. The lowest BCUT2D eigenvalue weighted by Crippen LogP contribution is -2.19. The molecular formula is C17H16N8O3. The number of aryl methyl sites for hydroxylation is 1. The van der Waals surface area contributed by atoms with E-state index in [0.29, 0.717) is 40.9 Å². The number of nitrogens with zero attached hydrogens (tertiary/aromatic N) is 5. The van der Waals surface area contributed by atoms with E-state index >= 15 is 0 Å². The van der Waals surface area contributed by atoms with Crippen molar-refractivity contribution in [3.63, 3.8) is 0 Å². The van der Waals surface area contributed by atoms with Crippen molar-refractivity contribution in [2.45, 2.75) is 13.5 Å². The molecular weight excluding hydrogens is 364 g/mol. The Hall–Kier alpha value is -4.15. The number of urea groups is 1. The van der Waals surface area contributed by atoms with Gasteiger partial charge in [-0.25, -0.2) is 19.4 Å². The first-order chi connectivity index (χ1) is 13.5. The van der Waals surface area contributed by atoms with E-state index in [1.54, 1.807) is 36.5 Å². The summed E-state index contributed by atoms with van der Waals surface area (Å²) in [5.41, 5.74) is 13.3. The molecule has 0 atom stereocenters. The molecule has 0 bridgehead atoms. The summed E-state index contributed by atoms with van der Waals surface area (Å²) < 4.78 is 12.4. The van der Waals surface area contributed by atoms with Gasteiger partial charge in [0, 0.05) is 24.4 Å². The van der Waals surface area contributed by atoms with Crippen LogP contribution in [0.15, 0.2) is 41.2 Å². The summed E-state index contributed by atoms with van der Waals surface area (Å²) >= 11 is 0. The van der Waals surface area contributed by atoms with Gasteiger partial charge in [-0.1, -0.05) is 6.07 Å². The number of rotatable bonds is 5. The summed E-state index contributed by atoms with van der Waals surface area (Å²) in [6.07, 6.45) is 1.59. The zero-order valence-electron chi connectivity index (χ0n) is 14.8. The zero-order chi connectivity index (χ0) is 19.7. The van der Waals surface area contributed by atoms with E-state index in [9.17, 15) is 4.79 Å². The topological polar surface area (TPSA) is 160 Å². The SMILES string of the molecule is CCn1c(-c2nonc2N)nc2cnc(Oc3cccc(NC(N)=O)c3)cc21. The van der Waals surface area contributed by atoms with Crippen LogP contribution in [0.25, 0.3) is 22.6 Å². The number of benzene rings is 1. The summed E-state index contributed by atoms with van der Waals surface area (Å²) in [6.45, 7) is 2.58. The van der Waals surface area contributed by atoms with E-state index in [-0.39, 0.29) is 5.82 Å². The van der Waals surface area contributed by atoms with Crippen molar-refractivity contribution in [1.82, 2.24) is 24.8 Å². The van der Waals surface area contributed by atoms with Gasteiger partial charge in [-0.2, -0.15) is 0 Å². The summed E-state index contributed by atoms with van der Waals surface area (Å²) in [7, 11) is 0. The number of nitrogens with one attached hydrogen (secondary N) is 1. The minimum atomic E-state index is -0.655. The van der Waals surface area contributed by atoms with Crippen LogP contribution >= 0.6 is 0 Å². The molecule has 28 heavy (non-hydrogen) atoms. The Morgan fingerprint density at radius 1 is 1.32 bits per heavy atom. The summed E-state index contributed by atoms with van der Waals surface area (Å²) in [5.74, 6) is 1.54. The average Bonchev–Trinajstić information content (AvgIpc) is 3.23. The van der Waals surface area contributed by atoms with Crippen LogP contribution in [0.4, 0.5) is 16.3 Å². The molecule has 0 aliphatic carbocycles. The molecule has 11 nitrogen and oxygen atoms in total. The number of nitrogen functional groups attached to an aromatic ring is 1. The smallest absolute Gasteiger partial charge is 0.316 e. The average molecular weight is 380 g/mol. The number of nitrogens with two attached hydrogens (primary N) is 2. The van der Waals surface area contributed by atoms with Crippen LogP contribution < -0.4 is 21.5 Å². The molecule has 0 aliphatic rings. The molecule has 2 amide bonds. The van der Waals surface area contributed by atoms with Crippen LogP contribution in [-0.2, 0) is 6.54 Å². The second kappa shape index (κ2) is 6.87. The van der Waals surface area contributed by atoms with Crippen molar-refractivity contribution in [1.29, 1.82) is 0 Å². The number of carbonyl (C=O) groups is 1. The quantitative estimate of drug-likeness (QED) is 0.475. The van der Waals surface area contributed by atoms with Gasteiger partial charge < -0.3 is 26.1 Å². The van der Waals surface area contributed by atoms with Gasteiger partial charge in [0.05, 0.1) is 11.7 Å². The minimum Gasteiger partial charge on any atom is -0.439 e. The number of hydrogen-bond acceptors (Lipinski definition) is 8. The fourth-order valence-electron chi connectivity index (χ4n) is 2.82. The first-order valence-electron chi connectivity index (χ1n) is 8.34. The predicted octanol–water partition coefficient (Wildman–Crippen LogP) is 2.37. The van der Waals surface area contributed by atoms with Crippen molar-refractivity contribution in [3.8, 4) is 23.1 Å². The van der Waals surface area contributed by atoms with Gasteiger partial charge in [0.25, 0.3) is 0 Å². The lowest BCUT2D eigenvalue weighted by molar-refractivity contribution is 0.259. The van der Waals surface area contributed by atoms with E-state index in [1.165, 1.54) is 0 Å². The Balaban J connectivity index is 1.70. The minimum absolute atomic E-state index is 0.160. The lowest BCUT2D eigenvalue weighted by atomic mass is 10.3. The fraction of sp³-hybridized carbons (Fsp3) is 0.118. The maximum absolute atomic E-state index is 11.0. The highest BCUT2D eigenvalue weighted by molar-refractivity contribution is 5.88. The largest absolute Gasteiger partial charge is 0.439 e. The van der Waals surface area contributed by atoms with Crippen molar-refractivity contribution in [3.05, 3.63) is 36.5 Å². The van der Waals surface area contributed by atoms with Crippen LogP contribution in [-0.4, -0.2) is 30.9 Å². The number of imidazole rings is 1. The molecule has 0 fully saturated rings. The molecule has 3 aromatic heterocycles. The summed E-state index contributed by atoms with van der Waals surface area (Å²) in [4.78, 5) is 19.8. The molecule has 4 aromatic rings. The molecule has 3 heterocycles. The van der Waals surface area contributed by atoms with E-state index in [0.717, 1.165) is 5.52 Å². The number of primary amides is 1. The molecule has 0 saturated carbocycles. The zero-order valence-corrected chi connectivity index (χ0v) is 14.8. The Morgan fingerprint density at radius 2 is 2.18 bits per heavy atom. The Morgan fingerprint density at radius 3 is 2.89 bits per heavy atom.